The van der Waals surface area contributed by atoms with Crippen molar-refractivity contribution in [3.05, 3.63) is 29.8 Å². The van der Waals surface area contributed by atoms with E-state index in [1.54, 1.807) is 6.07 Å². The zero-order chi connectivity index (χ0) is 17.4. The highest BCUT2D eigenvalue weighted by atomic mass is 16.4. The first kappa shape index (κ1) is 18.6. The number of aliphatic carboxylic acids is 1. The zero-order valence-corrected chi connectivity index (χ0v) is 13.6. The van der Waals surface area contributed by atoms with Crippen LogP contribution in [0.2, 0.25) is 0 Å². The minimum atomic E-state index is -1.01. The molecule has 0 saturated heterocycles. The number of aryl methyl sites for hydroxylation is 1. The van der Waals surface area contributed by atoms with Crippen LogP contribution in [0.4, 0.5) is 5.69 Å². The molecule has 0 radical (unpaired) electrons. The van der Waals surface area contributed by atoms with E-state index in [0.717, 1.165) is 17.7 Å². The molecule has 7 heteroatoms. The molecule has 0 aromatic heterocycles. The summed E-state index contributed by atoms with van der Waals surface area (Å²) in [5.74, 6) is -1.73. The molecule has 0 fully saturated rings. The summed E-state index contributed by atoms with van der Waals surface area (Å²) >= 11 is 0. The number of rotatable bonds is 8. The number of carbonyl (C=O) groups is 3. The lowest BCUT2D eigenvalue weighted by Gasteiger charge is -2.20. The fourth-order valence-electron chi connectivity index (χ4n) is 1.93. The number of nitrogens with zero attached hydrogens (tertiary/aromatic N) is 1. The summed E-state index contributed by atoms with van der Waals surface area (Å²) in [6.45, 7) is 3.23. The predicted octanol–water partition coefficient (Wildman–Crippen LogP) is 0.709. The molecule has 1 unspecified atom stereocenters. The normalized spacial score (nSPS) is 11.8. The Balaban J connectivity index is 2.44. The Morgan fingerprint density at radius 1 is 1.22 bits per heavy atom. The predicted molar refractivity (Wildman–Crippen MR) is 87.2 cm³/mol. The van der Waals surface area contributed by atoms with E-state index in [4.69, 9.17) is 5.11 Å². The largest absolute Gasteiger partial charge is 0.480 e. The van der Waals surface area contributed by atoms with Gasteiger partial charge in [-0.2, -0.15) is 0 Å². The number of carboxylic acid groups (broad SMARTS) is 1. The van der Waals surface area contributed by atoms with Crippen molar-refractivity contribution in [1.82, 2.24) is 10.2 Å². The van der Waals surface area contributed by atoms with Crippen molar-refractivity contribution in [2.45, 2.75) is 26.3 Å². The topological polar surface area (TPSA) is 98.7 Å². The second kappa shape index (κ2) is 8.89. The Morgan fingerprint density at radius 2 is 1.87 bits per heavy atom. The van der Waals surface area contributed by atoms with E-state index in [1.807, 2.05) is 25.1 Å². The van der Waals surface area contributed by atoms with Gasteiger partial charge in [-0.05, 0) is 32.0 Å². The van der Waals surface area contributed by atoms with Crippen LogP contribution < -0.4 is 10.6 Å². The standard InChI is InChI=1S/C16H23N3O4/c1-4-12-7-5-6-8-13(12)18-14(20)9-17-15(21)10-19(3)11(2)16(22)23/h5-8,11H,4,9-10H2,1-3H3,(H,17,21)(H,18,20)(H,22,23). The van der Waals surface area contributed by atoms with Gasteiger partial charge in [-0.3, -0.25) is 19.3 Å². The SMILES string of the molecule is CCc1ccccc1NC(=O)CNC(=O)CN(C)C(C)C(=O)O. The molecule has 23 heavy (non-hydrogen) atoms. The van der Waals surface area contributed by atoms with Crippen molar-refractivity contribution in [3.63, 3.8) is 0 Å². The van der Waals surface area contributed by atoms with Crippen LogP contribution in [0.5, 0.6) is 0 Å². The van der Waals surface area contributed by atoms with Crippen LogP contribution >= 0.6 is 0 Å². The maximum atomic E-state index is 11.9. The van der Waals surface area contributed by atoms with E-state index in [9.17, 15) is 14.4 Å². The molecule has 0 spiro atoms. The lowest BCUT2D eigenvalue weighted by molar-refractivity contribution is -0.142. The number of carboxylic acids is 1. The van der Waals surface area contributed by atoms with Gasteiger partial charge in [0.05, 0.1) is 13.1 Å². The molecule has 7 nitrogen and oxygen atoms in total. The minimum absolute atomic E-state index is 0.0910. The molecule has 1 aromatic rings. The first-order valence-corrected chi connectivity index (χ1v) is 7.42. The Morgan fingerprint density at radius 3 is 2.48 bits per heavy atom. The molecule has 126 valence electrons. The van der Waals surface area contributed by atoms with Crippen molar-refractivity contribution in [2.24, 2.45) is 0 Å². The van der Waals surface area contributed by atoms with E-state index in [0.29, 0.717) is 0 Å². The second-order valence-electron chi connectivity index (χ2n) is 5.26. The maximum Gasteiger partial charge on any atom is 0.320 e. The smallest absolute Gasteiger partial charge is 0.320 e. The van der Waals surface area contributed by atoms with Gasteiger partial charge in [0.25, 0.3) is 0 Å². The number of amides is 2. The van der Waals surface area contributed by atoms with E-state index in [-0.39, 0.29) is 19.0 Å². The van der Waals surface area contributed by atoms with E-state index < -0.39 is 17.9 Å². The van der Waals surface area contributed by atoms with Crippen LogP contribution in [0.15, 0.2) is 24.3 Å². The highest BCUT2D eigenvalue weighted by molar-refractivity contribution is 5.95. The number of likely N-dealkylation sites (N-methyl/N-ethyl adjacent to an activating group) is 1. The number of carbonyl (C=O) groups excluding carboxylic acids is 2. The lowest BCUT2D eigenvalue weighted by atomic mass is 10.1. The van der Waals surface area contributed by atoms with Gasteiger partial charge in [0, 0.05) is 5.69 Å². The second-order valence-corrected chi connectivity index (χ2v) is 5.26. The summed E-state index contributed by atoms with van der Waals surface area (Å²) in [7, 11) is 1.54. The molecule has 1 rings (SSSR count). The Kier molecular flexibility index (Phi) is 7.21. The number of nitrogens with one attached hydrogen (secondary N) is 2. The average molecular weight is 321 g/mol. The molecular weight excluding hydrogens is 298 g/mol. The first-order chi connectivity index (χ1) is 10.8. The highest BCUT2D eigenvalue weighted by Crippen LogP contribution is 2.14. The van der Waals surface area contributed by atoms with Crippen LogP contribution in [0, 0.1) is 0 Å². The van der Waals surface area contributed by atoms with Gasteiger partial charge in [0.2, 0.25) is 11.8 Å². The van der Waals surface area contributed by atoms with Crippen LogP contribution in [-0.4, -0.2) is 54.0 Å². The van der Waals surface area contributed by atoms with Gasteiger partial charge in [-0.25, -0.2) is 0 Å². The molecule has 1 atom stereocenters. The van der Waals surface area contributed by atoms with E-state index >= 15 is 0 Å². The van der Waals surface area contributed by atoms with Crippen LogP contribution in [0.3, 0.4) is 0 Å². The van der Waals surface area contributed by atoms with Crippen molar-refractivity contribution < 1.29 is 19.5 Å². The van der Waals surface area contributed by atoms with Gasteiger partial charge in [0.15, 0.2) is 0 Å². The fraction of sp³-hybridized carbons (Fsp3) is 0.438. The van der Waals surface area contributed by atoms with Crippen molar-refractivity contribution in [2.75, 3.05) is 25.5 Å². The number of para-hydroxylation sites is 1. The third-order valence-electron chi connectivity index (χ3n) is 3.53. The molecule has 0 bridgehead atoms. The summed E-state index contributed by atoms with van der Waals surface area (Å²) in [6, 6.07) is 6.69. The molecule has 0 aliphatic heterocycles. The monoisotopic (exact) mass is 321 g/mol. The highest BCUT2D eigenvalue weighted by Gasteiger charge is 2.19. The lowest BCUT2D eigenvalue weighted by Crippen LogP contribution is -2.44. The fourth-order valence-corrected chi connectivity index (χ4v) is 1.93. The summed E-state index contributed by atoms with van der Waals surface area (Å²) in [6.07, 6.45) is 0.792. The van der Waals surface area contributed by atoms with Gasteiger partial charge in [-0.1, -0.05) is 25.1 Å². The maximum absolute atomic E-state index is 11.9. The van der Waals surface area contributed by atoms with Crippen LogP contribution in [0.1, 0.15) is 19.4 Å². The molecule has 0 heterocycles. The van der Waals surface area contributed by atoms with E-state index in [1.165, 1.54) is 18.9 Å². The Hall–Kier alpha value is -2.41. The third kappa shape index (κ3) is 6.07. The van der Waals surface area contributed by atoms with Gasteiger partial charge in [0.1, 0.15) is 6.04 Å². The van der Waals surface area contributed by atoms with Crippen LogP contribution in [-0.2, 0) is 20.8 Å². The number of hydrogen-bond donors (Lipinski definition) is 3. The molecule has 2 amide bonds. The van der Waals surface area contributed by atoms with Crippen LogP contribution in [0.25, 0.3) is 0 Å². The Labute approximate surface area is 135 Å². The van der Waals surface area contributed by atoms with Gasteiger partial charge >= 0.3 is 5.97 Å². The van der Waals surface area contributed by atoms with Gasteiger partial charge < -0.3 is 15.7 Å². The van der Waals surface area contributed by atoms with Crippen molar-refractivity contribution in [3.8, 4) is 0 Å². The molecule has 0 aliphatic rings. The average Bonchev–Trinajstić information content (AvgIpc) is 2.52. The quantitative estimate of drug-likeness (QED) is 0.655. The van der Waals surface area contributed by atoms with Crippen molar-refractivity contribution in [1.29, 1.82) is 0 Å². The van der Waals surface area contributed by atoms with E-state index in [2.05, 4.69) is 10.6 Å². The molecular formula is C16H23N3O4. The molecule has 1 aromatic carbocycles. The first-order valence-electron chi connectivity index (χ1n) is 7.42. The molecule has 0 aliphatic carbocycles. The number of benzene rings is 1. The minimum Gasteiger partial charge on any atom is -0.480 e. The Bertz CT molecular complexity index is 574. The summed E-state index contributed by atoms with van der Waals surface area (Å²) in [5.41, 5.74) is 1.74. The number of hydrogen-bond acceptors (Lipinski definition) is 4. The molecule has 3 N–H and O–H groups in total. The molecule has 0 saturated carbocycles. The summed E-state index contributed by atoms with van der Waals surface area (Å²) < 4.78 is 0. The number of anilines is 1. The summed E-state index contributed by atoms with van der Waals surface area (Å²) in [5, 5.41) is 14.1. The summed E-state index contributed by atoms with van der Waals surface area (Å²) in [4.78, 5) is 35.8. The third-order valence-corrected chi connectivity index (χ3v) is 3.53. The zero-order valence-electron chi connectivity index (χ0n) is 13.6. The van der Waals surface area contributed by atoms with Crippen molar-refractivity contribution >= 4 is 23.5 Å². The van der Waals surface area contributed by atoms with Gasteiger partial charge in [-0.15, -0.1) is 0 Å².